The fraction of sp³-hybridized carbons (Fsp3) is 0.600. The highest BCUT2D eigenvalue weighted by Gasteiger charge is 2.53. The number of benzene rings is 1. The molecule has 5 rings (SSSR count). The molecule has 140 valence electrons. The lowest BCUT2D eigenvalue weighted by Gasteiger charge is -2.59. The van der Waals surface area contributed by atoms with E-state index < -0.39 is 23.4 Å². The number of anilines is 1. The second-order valence-corrected chi connectivity index (χ2v) is 8.55. The maximum Gasteiger partial charge on any atom is 0.313 e. The van der Waals surface area contributed by atoms with Crippen molar-refractivity contribution in [3.63, 3.8) is 0 Å². The van der Waals surface area contributed by atoms with E-state index in [1.165, 1.54) is 19.3 Å². The van der Waals surface area contributed by atoms with Gasteiger partial charge in [0, 0.05) is 12.1 Å². The second kappa shape index (κ2) is 6.32. The van der Waals surface area contributed by atoms with Crippen LogP contribution in [0.1, 0.15) is 45.4 Å². The Labute approximate surface area is 151 Å². The van der Waals surface area contributed by atoms with Crippen LogP contribution >= 0.6 is 0 Å². The minimum absolute atomic E-state index is 0.0891. The largest absolute Gasteiger partial charge is 0.345 e. The number of carbonyl (C=O) groups excluding carboxylic acids is 2. The van der Waals surface area contributed by atoms with Crippen molar-refractivity contribution >= 4 is 17.5 Å². The molecule has 4 fully saturated rings. The van der Waals surface area contributed by atoms with Gasteiger partial charge in [-0.3, -0.25) is 9.59 Å². The van der Waals surface area contributed by atoms with E-state index >= 15 is 0 Å². The number of hydrogen-bond acceptors (Lipinski definition) is 2. The lowest BCUT2D eigenvalue weighted by atomic mass is 9.48. The first-order valence-electron chi connectivity index (χ1n) is 9.41. The van der Waals surface area contributed by atoms with Crippen LogP contribution in [0.3, 0.4) is 0 Å². The van der Waals surface area contributed by atoms with Crippen molar-refractivity contribution in [1.29, 1.82) is 0 Å². The van der Waals surface area contributed by atoms with Gasteiger partial charge in [-0.1, -0.05) is 0 Å². The van der Waals surface area contributed by atoms with E-state index in [0.717, 1.165) is 49.1 Å². The van der Waals surface area contributed by atoms with Crippen LogP contribution in [0.2, 0.25) is 0 Å². The van der Waals surface area contributed by atoms with Gasteiger partial charge in [0.25, 0.3) is 0 Å². The van der Waals surface area contributed by atoms with Crippen molar-refractivity contribution in [2.24, 2.45) is 23.2 Å². The highest BCUT2D eigenvalue weighted by molar-refractivity contribution is 6.39. The predicted octanol–water partition coefficient (Wildman–Crippen LogP) is 3.62. The van der Waals surface area contributed by atoms with Gasteiger partial charge in [0.1, 0.15) is 11.6 Å². The van der Waals surface area contributed by atoms with E-state index in [9.17, 15) is 18.4 Å². The Morgan fingerprint density at radius 2 is 1.62 bits per heavy atom. The highest BCUT2D eigenvalue weighted by Crippen LogP contribution is 2.61. The smallest absolute Gasteiger partial charge is 0.313 e. The van der Waals surface area contributed by atoms with E-state index in [1.54, 1.807) is 0 Å². The second-order valence-electron chi connectivity index (χ2n) is 8.55. The molecule has 4 aliphatic rings. The Balaban J connectivity index is 1.40. The van der Waals surface area contributed by atoms with E-state index in [-0.39, 0.29) is 17.1 Å². The van der Waals surface area contributed by atoms with Gasteiger partial charge < -0.3 is 10.6 Å². The molecule has 1 atom stereocenters. The molecule has 2 amide bonds. The maximum absolute atomic E-state index is 13.7. The van der Waals surface area contributed by atoms with Gasteiger partial charge in [-0.2, -0.15) is 0 Å². The Kier molecular flexibility index (Phi) is 4.24. The van der Waals surface area contributed by atoms with Crippen LogP contribution < -0.4 is 10.6 Å². The Bertz CT molecular complexity index is 714. The lowest BCUT2D eigenvalue weighted by molar-refractivity contribution is -0.138. The molecule has 1 aromatic carbocycles. The summed E-state index contributed by atoms with van der Waals surface area (Å²) in [5.74, 6) is -1.07. The summed E-state index contributed by atoms with van der Waals surface area (Å²) < 4.78 is 26.6. The average molecular weight is 362 g/mol. The number of carbonyl (C=O) groups is 2. The third-order valence-corrected chi connectivity index (χ3v) is 6.74. The summed E-state index contributed by atoms with van der Waals surface area (Å²) in [6.07, 6.45) is 7.29. The third kappa shape index (κ3) is 3.10. The fourth-order valence-electron chi connectivity index (χ4n) is 5.89. The highest BCUT2D eigenvalue weighted by atomic mass is 19.1. The molecule has 4 nitrogen and oxygen atoms in total. The zero-order chi connectivity index (χ0) is 18.5. The van der Waals surface area contributed by atoms with Crippen LogP contribution in [-0.2, 0) is 9.59 Å². The standard InChI is InChI=1S/C20H24F2N2O2/c1-11(20-8-12-4-13(9-20)6-14(5-12)10-20)23-18(25)19(26)24-17-3-2-15(21)7-16(17)22/h2-3,7,11-14H,4-6,8-10H2,1H3,(H,23,25)(H,24,26). The molecule has 0 radical (unpaired) electrons. The minimum Gasteiger partial charge on any atom is -0.345 e. The van der Waals surface area contributed by atoms with Crippen molar-refractivity contribution in [3.8, 4) is 0 Å². The summed E-state index contributed by atoms with van der Waals surface area (Å²) in [4.78, 5) is 24.4. The number of nitrogens with one attached hydrogen (secondary N) is 2. The first-order valence-corrected chi connectivity index (χ1v) is 9.41. The van der Waals surface area contributed by atoms with Crippen LogP contribution in [0.25, 0.3) is 0 Å². The minimum atomic E-state index is -0.924. The van der Waals surface area contributed by atoms with E-state index in [0.29, 0.717) is 6.07 Å². The summed E-state index contributed by atoms with van der Waals surface area (Å²) in [7, 11) is 0. The molecule has 26 heavy (non-hydrogen) atoms. The quantitative estimate of drug-likeness (QED) is 0.807. The first-order chi connectivity index (χ1) is 12.3. The molecular formula is C20H24F2N2O2. The molecule has 4 bridgehead atoms. The molecular weight excluding hydrogens is 338 g/mol. The van der Waals surface area contributed by atoms with E-state index in [1.807, 2.05) is 6.92 Å². The van der Waals surface area contributed by atoms with Gasteiger partial charge >= 0.3 is 11.8 Å². The van der Waals surface area contributed by atoms with Crippen molar-refractivity contribution in [1.82, 2.24) is 5.32 Å². The van der Waals surface area contributed by atoms with Crippen molar-refractivity contribution in [2.45, 2.75) is 51.5 Å². The number of amides is 2. The Hall–Kier alpha value is -1.98. The van der Waals surface area contributed by atoms with Crippen molar-refractivity contribution in [3.05, 3.63) is 29.8 Å². The van der Waals surface area contributed by atoms with E-state index in [2.05, 4.69) is 10.6 Å². The molecule has 4 saturated carbocycles. The van der Waals surface area contributed by atoms with Gasteiger partial charge in [0.15, 0.2) is 0 Å². The van der Waals surface area contributed by atoms with Gasteiger partial charge in [-0.15, -0.1) is 0 Å². The molecule has 0 spiro atoms. The fourth-order valence-corrected chi connectivity index (χ4v) is 5.89. The number of rotatable bonds is 3. The van der Waals surface area contributed by atoms with Crippen LogP contribution in [0.5, 0.6) is 0 Å². The predicted molar refractivity (Wildman–Crippen MR) is 93.2 cm³/mol. The molecule has 1 aromatic rings. The summed E-state index contributed by atoms with van der Waals surface area (Å²) >= 11 is 0. The number of halogens is 2. The molecule has 0 aromatic heterocycles. The first kappa shape index (κ1) is 17.4. The zero-order valence-corrected chi connectivity index (χ0v) is 14.9. The van der Waals surface area contributed by atoms with Crippen molar-refractivity contribution < 1.29 is 18.4 Å². The summed E-state index contributed by atoms with van der Waals surface area (Å²) in [6.45, 7) is 1.98. The van der Waals surface area contributed by atoms with Crippen LogP contribution in [0.4, 0.5) is 14.5 Å². The summed E-state index contributed by atoms with van der Waals surface area (Å²) in [6, 6.07) is 2.73. The zero-order valence-electron chi connectivity index (χ0n) is 14.9. The monoisotopic (exact) mass is 362 g/mol. The van der Waals surface area contributed by atoms with Crippen LogP contribution in [0, 0.1) is 34.8 Å². The van der Waals surface area contributed by atoms with Gasteiger partial charge in [-0.25, -0.2) is 8.78 Å². The molecule has 0 aliphatic heterocycles. The Morgan fingerprint density at radius 1 is 1.04 bits per heavy atom. The molecule has 4 aliphatic carbocycles. The summed E-state index contributed by atoms with van der Waals surface area (Å²) in [5, 5.41) is 5.06. The molecule has 6 heteroatoms. The molecule has 2 N–H and O–H groups in total. The van der Waals surface area contributed by atoms with Gasteiger partial charge in [0.2, 0.25) is 0 Å². The van der Waals surface area contributed by atoms with Gasteiger partial charge in [-0.05, 0) is 80.8 Å². The lowest BCUT2D eigenvalue weighted by Crippen LogP contribution is -2.57. The summed E-state index contributed by atoms with van der Waals surface area (Å²) in [5.41, 5.74) is -0.111. The van der Waals surface area contributed by atoms with Crippen molar-refractivity contribution in [2.75, 3.05) is 5.32 Å². The normalized spacial score (nSPS) is 33.0. The maximum atomic E-state index is 13.7. The van der Waals surface area contributed by atoms with Crippen LogP contribution in [-0.4, -0.2) is 17.9 Å². The van der Waals surface area contributed by atoms with E-state index in [4.69, 9.17) is 0 Å². The third-order valence-electron chi connectivity index (χ3n) is 6.74. The van der Waals surface area contributed by atoms with Crippen LogP contribution in [0.15, 0.2) is 18.2 Å². The Morgan fingerprint density at radius 3 is 2.15 bits per heavy atom. The average Bonchev–Trinajstić information content (AvgIpc) is 2.56. The van der Waals surface area contributed by atoms with Gasteiger partial charge in [0.05, 0.1) is 5.69 Å². The number of hydrogen-bond donors (Lipinski definition) is 2. The SMILES string of the molecule is CC(NC(=O)C(=O)Nc1ccc(F)cc1F)C12CC3CC(CC(C3)C1)C2. The topological polar surface area (TPSA) is 58.2 Å². The molecule has 0 heterocycles. The molecule has 1 unspecified atom stereocenters. The molecule has 0 saturated heterocycles.